The second-order valence-electron chi connectivity index (χ2n) is 5.98. The first kappa shape index (κ1) is 17.2. The summed E-state index contributed by atoms with van der Waals surface area (Å²) in [7, 11) is 4.68. The standard InChI is InChI=1S/C18H24O5/c1-10-6-13(14(18(19)20)7-11(10)2)12-8-15(21-3)17(23-5)16(9-12)22-4/h8-9,13-14H,6-7H2,1-5H3,(H,19,20)/t13-,14+/m1/s1. The number of carboxylic acid groups (broad SMARTS) is 1. The number of benzene rings is 1. The second kappa shape index (κ2) is 6.94. The number of hydrogen-bond acceptors (Lipinski definition) is 4. The van der Waals surface area contributed by atoms with Gasteiger partial charge in [0.05, 0.1) is 27.2 Å². The Morgan fingerprint density at radius 2 is 1.52 bits per heavy atom. The van der Waals surface area contributed by atoms with E-state index in [0.717, 1.165) is 12.0 Å². The second-order valence-corrected chi connectivity index (χ2v) is 5.98. The highest BCUT2D eigenvalue weighted by molar-refractivity contribution is 5.73. The van der Waals surface area contributed by atoms with Crippen molar-refractivity contribution in [1.29, 1.82) is 0 Å². The van der Waals surface area contributed by atoms with Gasteiger partial charge in [0, 0.05) is 5.92 Å². The molecule has 0 bridgehead atoms. The van der Waals surface area contributed by atoms with E-state index in [-0.39, 0.29) is 5.92 Å². The van der Waals surface area contributed by atoms with Crippen LogP contribution < -0.4 is 14.2 Å². The summed E-state index contributed by atoms with van der Waals surface area (Å²) < 4.78 is 16.1. The first-order chi connectivity index (χ1) is 10.9. The number of carbonyl (C=O) groups is 1. The Balaban J connectivity index is 2.53. The highest BCUT2D eigenvalue weighted by Gasteiger charge is 2.34. The number of ether oxygens (including phenoxy) is 3. The SMILES string of the molecule is COc1cc([C@H]2CC(C)=C(C)C[C@@H]2C(=O)O)cc(OC)c1OC. The molecule has 1 aliphatic carbocycles. The van der Waals surface area contributed by atoms with Crippen molar-refractivity contribution in [3.63, 3.8) is 0 Å². The molecule has 23 heavy (non-hydrogen) atoms. The van der Waals surface area contributed by atoms with Crippen molar-refractivity contribution in [1.82, 2.24) is 0 Å². The summed E-state index contributed by atoms with van der Waals surface area (Å²) in [6, 6.07) is 3.71. The predicted molar refractivity (Wildman–Crippen MR) is 87.6 cm³/mol. The first-order valence-electron chi connectivity index (χ1n) is 7.60. The molecule has 5 nitrogen and oxygen atoms in total. The van der Waals surface area contributed by atoms with Gasteiger partial charge in [0.1, 0.15) is 0 Å². The van der Waals surface area contributed by atoms with Crippen LogP contribution in [0.15, 0.2) is 23.3 Å². The summed E-state index contributed by atoms with van der Waals surface area (Å²) in [4.78, 5) is 11.7. The highest BCUT2D eigenvalue weighted by atomic mass is 16.5. The molecule has 0 saturated heterocycles. The van der Waals surface area contributed by atoms with E-state index in [0.29, 0.717) is 23.7 Å². The summed E-state index contributed by atoms with van der Waals surface area (Å²) >= 11 is 0. The van der Waals surface area contributed by atoms with Crippen molar-refractivity contribution in [3.05, 3.63) is 28.8 Å². The zero-order valence-corrected chi connectivity index (χ0v) is 14.3. The topological polar surface area (TPSA) is 65.0 Å². The number of hydrogen-bond donors (Lipinski definition) is 1. The van der Waals surface area contributed by atoms with E-state index in [2.05, 4.69) is 6.92 Å². The average molecular weight is 320 g/mol. The third-order valence-electron chi connectivity index (χ3n) is 4.70. The normalized spacial score (nSPS) is 21.1. The van der Waals surface area contributed by atoms with E-state index < -0.39 is 11.9 Å². The van der Waals surface area contributed by atoms with Gasteiger partial charge < -0.3 is 19.3 Å². The Kier molecular flexibility index (Phi) is 5.19. The van der Waals surface area contributed by atoms with Gasteiger partial charge in [0.15, 0.2) is 11.5 Å². The maximum atomic E-state index is 11.7. The van der Waals surface area contributed by atoms with Crippen LogP contribution in [0.4, 0.5) is 0 Å². The minimum absolute atomic E-state index is 0.107. The molecule has 1 N–H and O–H groups in total. The Labute approximate surface area is 136 Å². The van der Waals surface area contributed by atoms with Crippen LogP contribution in [-0.4, -0.2) is 32.4 Å². The number of allylic oxidation sites excluding steroid dienone is 2. The fourth-order valence-corrected chi connectivity index (χ4v) is 3.22. The maximum Gasteiger partial charge on any atom is 0.307 e. The molecule has 0 heterocycles. The first-order valence-corrected chi connectivity index (χ1v) is 7.60. The lowest BCUT2D eigenvalue weighted by Gasteiger charge is -2.31. The molecule has 126 valence electrons. The summed E-state index contributed by atoms with van der Waals surface area (Å²) in [5.41, 5.74) is 3.32. The lowest BCUT2D eigenvalue weighted by Crippen LogP contribution is -2.26. The fourth-order valence-electron chi connectivity index (χ4n) is 3.22. The van der Waals surface area contributed by atoms with Gasteiger partial charge in [-0.15, -0.1) is 0 Å². The number of rotatable bonds is 5. The molecular weight excluding hydrogens is 296 g/mol. The van der Waals surface area contributed by atoms with Crippen LogP contribution in [0, 0.1) is 5.92 Å². The molecular formula is C18H24O5. The minimum atomic E-state index is -0.768. The van der Waals surface area contributed by atoms with Gasteiger partial charge >= 0.3 is 5.97 Å². The molecule has 0 aromatic heterocycles. The minimum Gasteiger partial charge on any atom is -0.493 e. The number of aliphatic carboxylic acids is 1. The van der Waals surface area contributed by atoms with Crippen LogP contribution in [0.3, 0.4) is 0 Å². The smallest absolute Gasteiger partial charge is 0.307 e. The van der Waals surface area contributed by atoms with E-state index in [1.54, 1.807) is 21.3 Å². The van der Waals surface area contributed by atoms with Gasteiger partial charge in [-0.05, 0) is 44.4 Å². The lowest BCUT2D eigenvalue weighted by atomic mass is 9.73. The summed E-state index contributed by atoms with van der Waals surface area (Å²) in [5, 5.41) is 9.62. The summed E-state index contributed by atoms with van der Waals surface area (Å²) in [5.74, 6) is 0.303. The van der Waals surface area contributed by atoms with Gasteiger partial charge in [-0.2, -0.15) is 0 Å². The van der Waals surface area contributed by atoms with Gasteiger partial charge in [-0.3, -0.25) is 4.79 Å². The molecule has 0 aliphatic heterocycles. The zero-order valence-electron chi connectivity index (χ0n) is 14.3. The van der Waals surface area contributed by atoms with Crippen LogP contribution in [-0.2, 0) is 4.79 Å². The van der Waals surface area contributed by atoms with Crippen LogP contribution in [0.5, 0.6) is 17.2 Å². The van der Waals surface area contributed by atoms with Gasteiger partial charge in [-0.1, -0.05) is 11.1 Å². The number of carboxylic acids is 1. The molecule has 5 heteroatoms. The molecule has 1 aliphatic rings. The van der Waals surface area contributed by atoms with Crippen molar-refractivity contribution < 1.29 is 24.1 Å². The monoisotopic (exact) mass is 320 g/mol. The third-order valence-corrected chi connectivity index (χ3v) is 4.70. The quantitative estimate of drug-likeness (QED) is 0.839. The summed E-state index contributed by atoms with van der Waals surface area (Å²) in [6.07, 6.45) is 1.30. The van der Waals surface area contributed by atoms with Crippen LogP contribution >= 0.6 is 0 Å². The number of methoxy groups -OCH3 is 3. The fraction of sp³-hybridized carbons (Fsp3) is 0.500. The molecule has 0 saturated carbocycles. The third kappa shape index (κ3) is 3.28. The molecule has 0 radical (unpaired) electrons. The van der Waals surface area contributed by atoms with E-state index in [4.69, 9.17) is 14.2 Å². The zero-order chi connectivity index (χ0) is 17.1. The van der Waals surface area contributed by atoms with E-state index in [9.17, 15) is 9.90 Å². The van der Waals surface area contributed by atoms with Gasteiger partial charge in [-0.25, -0.2) is 0 Å². The van der Waals surface area contributed by atoms with Crippen molar-refractivity contribution in [2.45, 2.75) is 32.6 Å². The molecule has 0 amide bonds. The van der Waals surface area contributed by atoms with Crippen molar-refractivity contribution in [3.8, 4) is 17.2 Å². The van der Waals surface area contributed by atoms with E-state index in [1.807, 2.05) is 19.1 Å². The molecule has 1 aromatic rings. The lowest BCUT2D eigenvalue weighted by molar-refractivity contribution is -0.142. The summed E-state index contributed by atoms with van der Waals surface area (Å²) in [6.45, 7) is 4.08. The molecule has 0 spiro atoms. The predicted octanol–water partition coefficient (Wildman–Crippen LogP) is 3.63. The highest BCUT2D eigenvalue weighted by Crippen LogP contribution is 2.46. The molecule has 1 aromatic carbocycles. The van der Waals surface area contributed by atoms with Crippen molar-refractivity contribution in [2.75, 3.05) is 21.3 Å². The van der Waals surface area contributed by atoms with E-state index >= 15 is 0 Å². The Hall–Kier alpha value is -2.17. The Morgan fingerprint density at radius 1 is 1.00 bits per heavy atom. The van der Waals surface area contributed by atoms with Gasteiger partial charge in [0.25, 0.3) is 0 Å². The average Bonchev–Trinajstić information content (AvgIpc) is 2.55. The Bertz CT molecular complexity index is 607. The molecule has 0 fully saturated rings. The largest absolute Gasteiger partial charge is 0.493 e. The molecule has 2 rings (SSSR count). The molecule has 0 unspecified atom stereocenters. The van der Waals surface area contributed by atoms with Crippen LogP contribution in [0.2, 0.25) is 0 Å². The van der Waals surface area contributed by atoms with Gasteiger partial charge in [0.2, 0.25) is 5.75 Å². The van der Waals surface area contributed by atoms with E-state index in [1.165, 1.54) is 11.1 Å². The van der Waals surface area contributed by atoms with Crippen LogP contribution in [0.25, 0.3) is 0 Å². The van der Waals surface area contributed by atoms with Crippen LogP contribution in [0.1, 0.15) is 38.2 Å². The van der Waals surface area contributed by atoms with Crippen molar-refractivity contribution in [2.24, 2.45) is 5.92 Å². The maximum absolute atomic E-state index is 11.7. The molecule has 2 atom stereocenters. The van der Waals surface area contributed by atoms with Crippen molar-refractivity contribution >= 4 is 5.97 Å². The Morgan fingerprint density at radius 3 is 1.96 bits per heavy atom.